The number of benzene rings is 1. The summed E-state index contributed by atoms with van der Waals surface area (Å²) in [6.07, 6.45) is 9.46. The van der Waals surface area contributed by atoms with Gasteiger partial charge in [-0.25, -0.2) is 4.98 Å². The van der Waals surface area contributed by atoms with E-state index in [1.165, 1.54) is 12.8 Å². The average Bonchev–Trinajstić information content (AvgIpc) is 3.39. The van der Waals surface area contributed by atoms with Crippen LogP contribution in [-0.2, 0) is 4.79 Å². The maximum absolute atomic E-state index is 12.9. The van der Waals surface area contributed by atoms with Crippen LogP contribution in [0.15, 0.2) is 48.9 Å². The van der Waals surface area contributed by atoms with Crippen LogP contribution in [0.1, 0.15) is 43.0 Å². The van der Waals surface area contributed by atoms with E-state index < -0.39 is 0 Å². The second-order valence-corrected chi connectivity index (χ2v) is 9.71. The summed E-state index contributed by atoms with van der Waals surface area (Å²) in [6, 6.07) is 8.86. The van der Waals surface area contributed by atoms with E-state index in [-0.39, 0.29) is 17.7 Å². The minimum Gasteiger partial charge on any atom is -0.351 e. The Morgan fingerprint density at radius 1 is 1.11 bits per heavy atom. The van der Waals surface area contributed by atoms with E-state index in [1.807, 2.05) is 6.92 Å². The van der Waals surface area contributed by atoms with E-state index in [9.17, 15) is 9.59 Å². The van der Waals surface area contributed by atoms with Crippen molar-refractivity contribution in [2.45, 2.75) is 38.6 Å². The molecular formula is C26H28ClN7O2. The Balaban J connectivity index is 1.39. The van der Waals surface area contributed by atoms with Crippen molar-refractivity contribution >= 4 is 52.2 Å². The van der Waals surface area contributed by atoms with Gasteiger partial charge in [0, 0.05) is 43.4 Å². The van der Waals surface area contributed by atoms with Crippen molar-refractivity contribution in [1.29, 1.82) is 0 Å². The number of pyridine rings is 1. The van der Waals surface area contributed by atoms with Gasteiger partial charge in [0.2, 0.25) is 11.9 Å². The highest BCUT2D eigenvalue weighted by atomic mass is 35.5. The van der Waals surface area contributed by atoms with Crippen molar-refractivity contribution in [3.05, 3.63) is 59.5 Å². The first kappa shape index (κ1) is 24.0. The van der Waals surface area contributed by atoms with Crippen molar-refractivity contribution in [2.24, 2.45) is 5.92 Å². The van der Waals surface area contributed by atoms with Gasteiger partial charge in [0.05, 0.1) is 22.7 Å². The summed E-state index contributed by atoms with van der Waals surface area (Å²) < 4.78 is 0. The van der Waals surface area contributed by atoms with Crippen LogP contribution in [0.3, 0.4) is 0 Å². The lowest BCUT2D eigenvalue weighted by molar-refractivity contribution is -0.121. The van der Waals surface area contributed by atoms with Crippen molar-refractivity contribution in [3.8, 4) is 0 Å². The number of fused-ring (bicyclic) bond motifs is 1. The monoisotopic (exact) mass is 505 g/mol. The quantitative estimate of drug-likeness (QED) is 0.509. The number of aromatic nitrogens is 3. The smallest absolute Gasteiger partial charge is 0.257 e. The number of amides is 2. The predicted molar refractivity (Wildman–Crippen MR) is 141 cm³/mol. The van der Waals surface area contributed by atoms with Gasteiger partial charge in [-0.1, -0.05) is 31.4 Å². The topological polar surface area (TPSA) is 103 Å². The van der Waals surface area contributed by atoms with Gasteiger partial charge in [-0.15, -0.1) is 0 Å². The maximum Gasteiger partial charge on any atom is 0.257 e. The van der Waals surface area contributed by atoms with Crippen molar-refractivity contribution < 1.29 is 9.59 Å². The normalized spacial score (nSPS) is 18.1. The van der Waals surface area contributed by atoms with Gasteiger partial charge >= 0.3 is 0 Å². The molecule has 1 atom stereocenters. The van der Waals surface area contributed by atoms with Gasteiger partial charge in [-0.3, -0.25) is 14.6 Å². The van der Waals surface area contributed by atoms with Gasteiger partial charge in [-0.2, -0.15) is 4.98 Å². The number of carbonyl (C=O) groups excluding carboxylic acids is 2. The average molecular weight is 506 g/mol. The first-order chi connectivity index (χ1) is 17.4. The van der Waals surface area contributed by atoms with Crippen molar-refractivity contribution in [3.63, 3.8) is 0 Å². The molecule has 1 aliphatic heterocycles. The number of carbonyl (C=O) groups is 2. The zero-order valence-electron chi connectivity index (χ0n) is 20.2. The first-order valence-electron chi connectivity index (χ1n) is 12.1. The van der Waals surface area contributed by atoms with E-state index in [0.717, 1.165) is 18.7 Å². The Kier molecular flexibility index (Phi) is 6.73. The van der Waals surface area contributed by atoms with Crippen molar-refractivity contribution in [1.82, 2.24) is 15.0 Å². The third-order valence-electron chi connectivity index (χ3n) is 6.78. The molecular weight excluding hydrogens is 478 g/mol. The van der Waals surface area contributed by atoms with Crippen LogP contribution in [0, 0.1) is 5.92 Å². The lowest BCUT2D eigenvalue weighted by Crippen LogP contribution is -2.38. The summed E-state index contributed by atoms with van der Waals surface area (Å²) in [5.41, 5.74) is 2.35. The van der Waals surface area contributed by atoms with Crippen LogP contribution in [0.2, 0.25) is 5.02 Å². The molecule has 5 rings (SSSR count). The largest absolute Gasteiger partial charge is 0.351 e. The van der Waals surface area contributed by atoms with Gasteiger partial charge < -0.3 is 20.4 Å². The molecule has 1 fully saturated rings. The lowest BCUT2D eigenvalue weighted by Gasteiger charge is -2.31. The third kappa shape index (κ3) is 4.83. The highest BCUT2D eigenvalue weighted by Gasteiger charge is 2.35. The van der Waals surface area contributed by atoms with Crippen LogP contribution in [-0.4, -0.2) is 46.4 Å². The maximum atomic E-state index is 12.9. The molecule has 1 unspecified atom stereocenters. The van der Waals surface area contributed by atoms with Crippen LogP contribution in [0.5, 0.6) is 0 Å². The van der Waals surface area contributed by atoms with E-state index in [4.69, 9.17) is 16.6 Å². The Morgan fingerprint density at radius 2 is 1.86 bits per heavy atom. The molecule has 3 aromatic rings. The minimum absolute atomic E-state index is 0.0634. The zero-order valence-corrected chi connectivity index (χ0v) is 21.0. The number of halogens is 1. The molecule has 0 saturated heterocycles. The Hall–Kier alpha value is -3.72. The van der Waals surface area contributed by atoms with Crippen LogP contribution in [0.25, 0.3) is 0 Å². The van der Waals surface area contributed by atoms with Gasteiger partial charge in [0.1, 0.15) is 5.69 Å². The number of rotatable bonds is 5. The number of hydrogen-bond donors (Lipinski definition) is 2. The van der Waals surface area contributed by atoms with E-state index in [0.29, 0.717) is 46.2 Å². The molecule has 0 bridgehead atoms. The minimum atomic E-state index is -0.312. The summed E-state index contributed by atoms with van der Waals surface area (Å²) in [4.78, 5) is 42.7. The summed E-state index contributed by atoms with van der Waals surface area (Å²) in [6.45, 7) is 2.60. The number of nitrogens with zero attached hydrogens (tertiary/aromatic N) is 5. The predicted octanol–water partition coefficient (Wildman–Crippen LogP) is 4.88. The third-order valence-corrected chi connectivity index (χ3v) is 7.09. The molecule has 9 nitrogen and oxygen atoms in total. The second-order valence-electron chi connectivity index (χ2n) is 9.30. The molecule has 2 amide bonds. The SMILES string of the molecule is CC1CN(C2CCCC2)c2nc(Nc3ccc(C(=O)Nc4ccncc4)c(Cl)c3)ncc2N(C)C1=O. The summed E-state index contributed by atoms with van der Waals surface area (Å²) in [5.74, 6) is 0.781. The fourth-order valence-corrected chi connectivity index (χ4v) is 5.13. The fraction of sp³-hybridized carbons (Fsp3) is 0.346. The molecule has 0 spiro atoms. The Labute approximate surface area is 214 Å². The van der Waals surface area contributed by atoms with Crippen LogP contribution in [0.4, 0.5) is 28.8 Å². The Morgan fingerprint density at radius 3 is 2.58 bits per heavy atom. The number of nitrogens with one attached hydrogen (secondary N) is 2. The fourth-order valence-electron chi connectivity index (χ4n) is 4.86. The standard InChI is InChI=1S/C26H28ClN7O2/c1-16-15-34(19-5-3-4-6-19)23-22(33(2)25(16)36)14-29-26(32-23)31-18-7-8-20(21(27)13-18)24(35)30-17-9-11-28-12-10-17/h7-14,16,19H,3-6,15H2,1-2H3,(H,28,30,35)(H,29,31,32). The molecule has 2 aromatic heterocycles. The van der Waals surface area contributed by atoms with Crippen LogP contribution < -0.4 is 20.4 Å². The first-order valence-corrected chi connectivity index (χ1v) is 12.5. The molecule has 3 heterocycles. The molecule has 1 aromatic carbocycles. The second kappa shape index (κ2) is 10.1. The summed E-state index contributed by atoms with van der Waals surface area (Å²) in [5, 5.41) is 6.31. The summed E-state index contributed by atoms with van der Waals surface area (Å²) >= 11 is 6.45. The molecule has 36 heavy (non-hydrogen) atoms. The van der Waals surface area contributed by atoms with Gasteiger partial charge in [0.15, 0.2) is 5.82 Å². The van der Waals surface area contributed by atoms with Gasteiger partial charge in [-0.05, 0) is 43.2 Å². The van der Waals surface area contributed by atoms with E-state index in [1.54, 1.807) is 60.9 Å². The molecule has 10 heteroatoms. The molecule has 1 saturated carbocycles. The lowest BCUT2D eigenvalue weighted by atomic mass is 10.1. The summed E-state index contributed by atoms with van der Waals surface area (Å²) in [7, 11) is 1.78. The highest BCUT2D eigenvalue weighted by Crippen LogP contribution is 2.37. The molecule has 0 radical (unpaired) electrons. The molecule has 186 valence electrons. The van der Waals surface area contributed by atoms with Crippen LogP contribution >= 0.6 is 11.6 Å². The Bertz CT molecular complexity index is 1280. The number of hydrogen-bond acceptors (Lipinski definition) is 7. The number of anilines is 5. The van der Waals surface area contributed by atoms with Gasteiger partial charge in [0.25, 0.3) is 5.91 Å². The molecule has 2 N–H and O–H groups in total. The molecule has 1 aliphatic carbocycles. The highest BCUT2D eigenvalue weighted by molar-refractivity contribution is 6.34. The van der Waals surface area contributed by atoms with E-state index in [2.05, 4.69) is 25.5 Å². The molecule has 2 aliphatic rings. The van der Waals surface area contributed by atoms with E-state index >= 15 is 0 Å². The van der Waals surface area contributed by atoms with Crippen molar-refractivity contribution in [2.75, 3.05) is 34.0 Å². The zero-order chi connectivity index (χ0) is 25.2.